The molecule has 4 rings (SSSR count). The second-order valence-corrected chi connectivity index (χ2v) is 16.7. The molecule has 34 heavy (non-hydrogen) atoms. The van der Waals surface area contributed by atoms with Crippen LogP contribution in [-0.2, 0) is 0 Å². The van der Waals surface area contributed by atoms with Crippen molar-refractivity contribution in [1.29, 1.82) is 0 Å². The number of allylic oxidation sites excluding steroid dienone is 2. The second-order valence-electron chi connectivity index (χ2n) is 8.96. The van der Waals surface area contributed by atoms with Crippen LogP contribution in [0.1, 0.15) is 22.3 Å². The third kappa shape index (κ3) is 5.43. The summed E-state index contributed by atoms with van der Waals surface area (Å²) in [6.07, 6.45) is 0. The summed E-state index contributed by atoms with van der Waals surface area (Å²) >= 11 is -1.55. The fourth-order valence-electron chi connectivity index (χ4n) is 4.61. The minimum absolute atomic E-state index is 0.798. The van der Waals surface area contributed by atoms with E-state index in [2.05, 4.69) is 146 Å². The van der Waals surface area contributed by atoms with Gasteiger partial charge in [-0.1, -0.05) is 0 Å². The average Bonchev–Trinajstić information content (AvgIpc) is 2.87. The molecule has 0 nitrogen and oxygen atoms in total. The molecule has 0 aliphatic heterocycles. The molecule has 0 bridgehead atoms. The minimum atomic E-state index is -1.55. The number of rotatable bonds is 7. The maximum atomic E-state index is 2.49. The van der Waals surface area contributed by atoms with Gasteiger partial charge in [0.1, 0.15) is 0 Å². The van der Waals surface area contributed by atoms with Gasteiger partial charge < -0.3 is 0 Å². The van der Waals surface area contributed by atoms with Crippen molar-refractivity contribution in [3.63, 3.8) is 0 Å². The van der Waals surface area contributed by atoms with Gasteiger partial charge in [-0.15, -0.1) is 0 Å². The van der Waals surface area contributed by atoms with E-state index in [0.717, 1.165) is 0 Å². The Morgan fingerprint density at radius 2 is 0.824 bits per heavy atom. The van der Waals surface area contributed by atoms with Crippen LogP contribution in [0.15, 0.2) is 121 Å². The molecule has 0 aromatic heterocycles. The van der Waals surface area contributed by atoms with E-state index in [1.165, 1.54) is 38.6 Å². The molecule has 2 radical (unpaired) electrons. The topological polar surface area (TPSA) is 0 Å². The maximum absolute atomic E-state index is 2.49. The summed E-state index contributed by atoms with van der Waals surface area (Å²) in [6, 6.07) is 44.2. The van der Waals surface area contributed by atoms with E-state index >= 15 is 0 Å². The van der Waals surface area contributed by atoms with Gasteiger partial charge >= 0.3 is 212 Å². The average molecular weight is 517 g/mol. The Labute approximate surface area is 211 Å². The summed E-state index contributed by atoms with van der Waals surface area (Å²) in [5, 5.41) is 1.50. The summed E-state index contributed by atoms with van der Waals surface area (Å²) in [7, 11) is -0.798. The Morgan fingerprint density at radius 3 is 1.21 bits per heavy atom. The standard InChI is InChI=1S/C32H32GeSi/c1-33(2)31(27-21-13-7-14-22-27)29(25-17-9-5-10-18-25)30(26-19-11-6-12-20-26)32(34(3)4)28-23-15-8-16-24-28/h5-24H,1-4H3/b31-29-,32-30-. The Morgan fingerprint density at radius 1 is 0.471 bits per heavy atom. The molecule has 0 spiro atoms. The fraction of sp³-hybridized carbons (Fsp3) is 0.125. The predicted octanol–water partition coefficient (Wildman–Crippen LogP) is 8.80. The molecule has 168 valence electrons. The molecule has 0 amide bonds. The first-order chi connectivity index (χ1) is 16.6. The summed E-state index contributed by atoms with van der Waals surface area (Å²) in [4.78, 5) is 0. The van der Waals surface area contributed by atoms with Crippen molar-refractivity contribution in [1.82, 2.24) is 0 Å². The van der Waals surface area contributed by atoms with E-state index in [9.17, 15) is 0 Å². The molecule has 0 heterocycles. The molecule has 0 atom stereocenters. The molecule has 0 unspecified atom stereocenters. The van der Waals surface area contributed by atoms with Gasteiger partial charge in [0.2, 0.25) is 0 Å². The van der Waals surface area contributed by atoms with Gasteiger partial charge in [0.05, 0.1) is 0 Å². The third-order valence-electron chi connectivity index (χ3n) is 6.00. The van der Waals surface area contributed by atoms with Crippen molar-refractivity contribution in [2.45, 2.75) is 24.6 Å². The van der Waals surface area contributed by atoms with Crippen LogP contribution in [0.5, 0.6) is 0 Å². The van der Waals surface area contributed by atoms with E-state index in [-0.39, 0.29) is 0 Å². The normalized spacial score (nSPS) is 13.0. The summed E-state index contributed by atoms with van der Waals surface area (Å²) in [5.41, 5.74) is 8.15. The molecular formula is C32H32GeSi. The zero-order chi connectivity index (χ0) is 23.9. The first-order valence-corrected chi connectivity index (χ1v) is 19.6. The first-order valence-electron chi connectivity index (χ1n) is 11.9. The Bertz CT molecular complexity index is 1150. The Hall–Kier alpha value is -2.88. The van der Waals surface area contributed by atoms with E-state index in [0.29, 0.717) is 0 Å². The number of hydrogen-bond donors (Lipinski definition) is 0. The molecule has 0 aliphatic carbocycles. The molecule has 0 N–H and O–H groups in total. The van der Waals surface area contributed by atoms with Crippen LogP contribution >= 0.6 is 0 Å². The van der Waals surface area contributed by atoms with Crippen LogP contribution in [0.4, 0.5) is 0 Å². The molecule has 0 fully saturated rings. The fourth-order valence-corrected chi connectivity index (χ4v) is 9.30. The SMILES string of the molecule is C[Si](C)/C(=C(\C(=[C](\c1ccccc1)[Ge]([CH3])[CH3])c1ccccc1)c1ccccc1)c1ccccc1. The van der Waals surface area contributed by atoms with Crippen LogP contribution in [0, 0.1) is 0 Å². The molecular weight excluding hydrogens is 485 g/mol. The van der Waals surface area contributed by atoms with Crippen molar-refractivity contribution in [2.24, 2.45) is 0 Å². The van der Waals surface area contributed by atoms with Crippen molar-refractivity contribution < 1.29 is 0 Å². The van der Waals surface area contributed by atoms with Gasteiger partial charge in [0.25, 0.3) is 0 Å². The summed E-state index contributed by atoms with van der Waals surface area (Å²) in [5.74, 6) is 4.97. The van der Waals surface area contributed by atoms with Crippen molar-refractivity contribution in [3.05, 3.63) is 144 Å². The molecule has 4 aromatic carbocycles. The van der Waals surface area contributed by atoms with Crippen LogP contribution < -0.4 is 0 Å². The van der Waals surface area contributed by atoms with Gasteiger partial charge in [-0.25, -0.2) is 0 Å². The monoisotopic (exact) mass is 518 g/mol. The van der Waals surface area contributed by atoms with Gasteiger partial charge in [-0.05, 0) is 0 Å². The zero-order valence-electron chi connectivity index (χ0n) is 20.5. The zero-order valence-corrected chi connectivity index (χ0v) is 23.6. The van der Waals surface area contributed by atoms with E-state index < -0.39 is 23.1 Å². The van der Waals surface area contributed by atoms with Crippen LogP contribution in [-0.4, -0.2) is 23.1 Å². The molecule has 0 aliphatic rings. The first kappa shape index (κ1) is 24.3. The van der Waals surface area contributed by atoms with Crippen molar-refractivity contribution in [2.75, 3.05) is 0 Å². The van der Waals surface area contributed by atoms with E-state index in [1.807, 2.05) is 0 Å². The second kappa shape index (κ2) is 11.5. The van der Waals surface area contributed by atoms with E-state index in [1.54, 1.807) is 4.41 Å². The number of hydrogen-bond acceptors (Lipinski definition) is 0. The Kier molecular flexibility index (Phi) is 8.20. The van der Waals surface area contributed by atoms with Gasteiger partial charge in [-0.3, -0.25) is 0 Å². The third-order valence-corrected chi connectivity index (χ3v) is 10.8. The summed E-state index contributed by atoms with van der Waals surface area (Å²) < 4.78 is 1.56. The van der Waals surface area contributed by atoms with Gasteiger partial charge in [0, 0.05) is 0 Å². The van der Waals surface area contributed by atoms with Gasteiger partial charge in [-0.2, -0.15) is 0 Å². The van der Waals surface area contributed by atoms with Crippen molar-refractivity contribution in [3.8, 4) is 0 Å². The number of benzene rings is 4. The quantitative estimate of drug-likeness (QED) is 0.131. The molecule has 0 saturated carbocycles. The van der Waals surface area contributed by atoms with E-state index in [4.69, 9.17) is 0 Å². The summed E-state index contributed by atoms with van der Waals surface area (Å²) in [6.45, 7) is 4.85. The molecule has 2 heteroatoms. The van der Waals surface area contributed by atoms with Crippen LogP contribution in [0.2, 0.25) is 24.6 Å². The van der Waals surface area contributed by atoms with Crippen LogP contribution in [0.25, 0.3) is 20.7 Å². The molecule has 4 aromatic rings. The molecule has 0 saturated heterocycles. The van der Waals surface area contributed by atoms with Gasteiger partial charge in [0.15, 0.2) is 0 Å². The Balaban J connectivity index is 2.22. The van der Waals surface area contributed by atoms with Crippen LogP contribution in [0.3, 0.4) is 0 Å². The van der Waals surface area contributed by atoms with Crippen molar-refractivity contribution >= 4 is 43.9 Å². The predicted molar refractivity (Wildman–Crippen MR) is 154 cm³/mol.